The van der Waals surface area contributed by atoms with Gasteiger partial charge in [-0.05, 0) is 25.0 Å². The molecule has 0 aliphatic rings. The van der Waals surface area contributed by atoms with E-state index in [0.717, 1.165) is 34.8 Å². The number of halogens is 1. The third kappa shape index (κ3) is 2.34. The Labute approximate surface area is 127 Å². The number of fused-ring (bicyclic) bond motifs is 1. The summed E-state index contributed by atoms with van der Waals surface area (Å²) in [6.07, 6.45) is 3.00. The topological polar surface area (TPSA) is 30.7 Å². The van der Waals surface area contributed by atoms with Crippen LogP contribution in [0.2, 0.25) is 0 Å². The first kappa shape index (κ1) is 13.6. The molecule has 0 atom stereocenters. The Morgan fingerprint density at radius 1 is 1.35 bits per heavy atom. The smallest absolute Gasteiger partial charge is 0.125 e. The van der Waals surface area contributed by atoms with Crippen molar-refractivity contribution in [2.75, 3.05) is 0 Å². The molecule has 0 aliphatic heterocycles. The van der Waals surface area contributed by atoms with E-state index >= 15 is 0 Å². The molecular formula is C15H16ClN3S. The second-order valence-corrected chi connectivity index (χ2v) is 6.23. The van der Waals surface area contributed by atoms with E-state index in [0.29, 0.717) is 5.88 Å². The predicted molar refractivity (Wildman–Crippen MR) is 84.6 cm³/mol. The van der Waals surface area contributed by atoms with Gasteiger partial charge in [0, 0.05) is 11.1 Å². The van der Waals surface area contributed by atoms with Gasteiger partial charge in [-0.1, -0.05) is 19.1 Å². The second-order valence-electron chi connectivity index (χ2n) is 4.76. The first-order valence-electron chi connectivity index (χ1n) is 6.67. The summed E-state index contributed by atoms with van der Waals surface area (Å²) < 4.78 is 2.19. The molecule has 3 rings (SSSR count). The van der Waals surface area contributed by atoms with E-state index < -0.39 is 0 Å². The van der Waals surface area contributed by atoms with E-state index in [2.05, 4.69) is 34.4 Å². The Morgan fingerprint density at radius 3 is 2.90 bits per heavy atom. The molecule has 0 fully saturated rings. The van der Waals surface area contributed by atoms with Gasteiger partial charge < -0.3 is 4.57 Å². The molecular weight excluding hydrogens is 290 g/mol. The molecule has 20 heavy (non-hydrogen) atoms. The Hall–Kier alpha value is -1.39. The van der Waals surface area contributed by atoms with Crippen LogP contribution in [-0.4, -0.2) is 14.5 Å². The fourth-order valence-corrected chi connectivity index (χ4v) is 3.46. The third-order valence-electron chi connectivity index (χ3n) is 3.41. The lowest BCUT2D eigenvalue weighted by Gasteiger charge is -2.07. The van der Waals surface area contributed by atoms with Gasteiger partial charge in [-0.15, -0.1) is 22.9 Å². The highest BCUT2D eigenvalue weighted by molar-refractivity contribution is 7.11. The number of imidazole rings is 1. The summed E-state index contributed by atoms with van der Waals surface area (Å²) in [4.78, 5) is 10.4. The highest BCUT2D eigenvalue weighted by Crippen LogP contribution is 2.24. The van der Waals surface area contributed by atoms with Crippen molar-refractivity contribution in [2.45, 2.75) is 32.7 Å². The summed E-state index contributed by atoms with van der Waals surface area (Å²) >= 11 is 7.82. The summed E-state index contributed by atoms with van der Waals surface area (Å²) in [7, 11) is 0. The van der Waals surface area contributed by atoms with Crippen LogP contribution in [0.5, 0.6) is 0 Å². The third-order valence-corrected chi connectivity index (χ3v) is 4.78. The molecule has 5 heteroatoms. The number of rotatable bonds is 4. The largest absolute Gasteiger partial charge is 0.320 e. The fraction of sp³-hybridized carbons (Fsp3) is 0.333. The van der Waals surface area contributed by atoms with Gasteiger partial charge in [0.25, 0.3) is 0 Å². The van der Waals surface area contributed by atoms with Crippen LogP contribution < -0.4 is 0 Å². The molecule has 1 aromatic carbocycles. The highest BCUT2D eigenvalue weighted by atomic mass is 35.5. The van der Waals surface area contributed by atoms with Crippen molar-refractivity contribution in [3.63, 3.8) is 0 Å². The van der Waals surface area contributed by atoms with Gasteiger partial charge in [-0.25, -0.2) is 9.97 Å². The van der Waals surface area contributed by atoms with Crippen LogP contribution in [0.3, 0.4) is 0 Å². The fourth-order valence-electron chi connectivity index (χ4n) is 2.41. The lowest BCUT2D eigenvalue weighted by Crippen LogP contribution is -2.04. The molecule has 2 heterocycles. The van der Waals surface area contributed by atoms with E-state index in [9.17, 15) is 0 Å². The molecule has 0 saturated heterocycles. The van der Waals surface area contributed by atoms with Crippen molar-refractivity contribution in [2.24, 2.45) is 0 Å². The monoisotopic (exact) mass is 305 g/mol. The summed E-state index contributed by atoms with van der Waals surface area (Å²) in [5.41, 5.74) is 3.39. The summed E-state index contributed by atoms with van der Waals surface area (Å²) in [6, 6.07) is 6.18. The van der Waals surface area contributed by atoms with E-state index in [1.807, 2.05) is 18.3 Å². The first-order chi connectivity index (χ1) is 9.72. The quantitative estimate of drug-likeness (QED) is 0.678. The van der Waals surface area contributed by atoms with Crippen LogP contribution >= 0.6 is 22.9 Å². The Kier molecular flexibility index (Phi) is 3.76. The minimum Gasteiger partial charge on any atom is -0.320 e. The number of nitrogens with zero attached hydrogens (tertiary/aromatic N) is 3. The second kappa shape index (κ2) is 5.54. The first-order valence-corrected chi connectivity index (χ1v) is 8.02. The van der Waals surface area contributed by atoms with E-state index in [-0.39, 0.29) is 0 Å². The van der Waals surface area contributed by atoms with Gasteiger partial charge >= 0.3 is 0 Å². The Bertz CT molecular complexity index is 745. The van der Waals surface area contributed by atoms with Crippen molar-refractivity contribution in [3.8, 4) is 0 Å². The van der Waals surface area contributed by atoms with Crippen LogP contribution in [0.15, 0.2) is 24.4 Å². The van der Waals surface area contributed by atoms with E-state index in [1.54, 1.807) is 11.3 Å². The zero-order chi connectivity index (χ0) is 14.1. The normalized spacial score (nSPS) is 11.3. The number of hydrogen-bond donors (Lipinski definition) is 0. The van der Waals surface area contributed by atoms with E-state index in [4.69, 9.17) is 11.6 Å². The van der Waals surface area contributed by atoms with Crippen LogP contribution in [0, 0.1) is 6.92 Å². The SMILES string of the molecule is CCc1cnc(Cn2c(CCl)nc3cccc(C)c32)s1. The molecule has 3 aromatic rings. The number of aryl methyl sites for hydroxylation is 2. The molecule has 0 unspecified atom stereocenters. The molecule has 0 amide bonds. The minimum atomic E-state index is 0.417. The molecule has 0 N–H and O–H groups in total. The zero-order valence-corrected chi connectivity index (χ0v) is 13.1. The number of thiazole rings is 1. The average molecular weight is 306 g/mol. The maximum Gasteiger partial charge on any atom is 0.125 e. The van der Waals surface area contributed by atoms with Crippen molar-refractivity contribution in [3.05, 3.63) is 45.7 Å². The summed E-state index contributed by atoms with van der Waals surface area (Å²) in [5, 5.41) is 1.11. The standard InChI is InChI=1S/C15H16ClN3S/c1-3-11-8-17-14(20-11)9-19-13(7-16)18-12-6-4-5-10(2)15(12)19/h4-6,8H,3,7,9H2,1-2H3. The molecule has 3 nitrogen and oxygen atoms in total. The molecule has 2 aromatic heterocycles. The van der Waals surface area contributed by atoms with Gasteiger partial charge in [0.2, 0.25) is 0 Å². The Morgan fingerprint density at radius 2 is 2.20 bits per heavy atom. The van der Waals surface area contributed by atoms with Crippen LogP contribution in [-0.2, 0) is 18.8 Å². The number of alkyl halides is 1. The maximum absolute atomic E-state index is 6.05. The van der Waals surface area contributed by atoms with Crippen LogP contribution in [0.1, 0.15) is 28.2 Å². The lowest BCUT2D eigenvalue weighted by atomic mass is 10.2. The van der Waals surface area contributed by atoms with Crippen molar-refractivity contribution < 1.29 is 0 Å². The van der Waals surface area contributed by atoms with Gasteiger partial charge in [0.1, 0.15) is 10.8 Å². The van der Waals surface area contributed by atoms with Crippen molar-refractivity contribution >= 4 is 34.0 Å². The van der Waals surface area contributed by atoms with E-state index in [1.165, 1.54) is 10.4 Å². The predicted octanol–water partition coefficient (Wildman–Crippen LogP) is 4.15. The maximum atomic E-state index is 6.05. The summed E-state index contributed by atoms with van der Waals surface area (Å²) in [5.74, 6) is 1.32. The Balaban J connectivity index is 2.09. The number of aromatic nitrogens is 3. The van der Waals surface area contributed by atoms with Crippen LogP contribution in [0.4, 0.5) is 0 Å². The molecule has 0 aliphatic carbocycles. The molecule has 104 valence electrons. The van der Waals surface area contributed by atoms with Gasteiger partial charge in [0.05, 0.1) is 23.5 Å². The van der Waals surface area contributed by atoms with Gasteiger partial charge in [-0.2, -0.15) is 0 Å². The lowest BCUT2D eigenvalue weighted by molar-refractivity contribution is 0.771. The highest BCUT2D eigenvalue weighted by Gasteiger charge is 2.13. The number of benzene rings is 1. The summed E-state index contributed by atoms with van der Waals surface area (Å²) in [6.45, 7) is 5.00. The minimum absolute atomic E-state index is 0.417. The average Bonchev–Trinajstić information content (AvgIpc) is 3.04. The molecule has 0 bridgehead atoms. The van der Waals surface area contributed by atoms with Gasteiger partial charge in [0.15, 0.2) is 0 Å². The number of hydrogen-bond acceptors (Lipinski definition) is 3. The zero-order valence-electron chi connectivity index (χ0n) is 11.6. The molecule has 0 spiro atoms. The van der Waals surface area contributed by atoms with Crippen molar-refractivity contribution in [1.82, 2.24) is 14.5 Å². The molecule has 0 radical (unpaired) electrons. The molecule has 0 saturated carbocycles. The van der Waals surface area contributed by atoms with Crippen LogP contribution in [0.25, 0.3) is 11.0 Å². The van der Waals surface area contributed by atoms with Gasteiger partial charge in [-0.3, -0.25) is 0 Å². The van der Waals surface area contributed by atoms with Crippen molar-refractivity contribution in [1.29, 1.82) is 0 Å². The number of para-hydroxylation sites is 1.